The fraction of sp³-hybridized carbons (Fsp3) is 0.571. The summed E-state index contributed by atoms with van der Waals surface area (Å²) in [5.74, 6) is 1.86. The molecule has 1 aliphatic heterocycles. The number of hydrogen-bond acceptors (Lipinski definition) is 3. The van der Waals surface area contributed by atoms with Crippen LogP contribution in [0.25, 0.3) is 0 Å². The molecule has 1 aromatic rings. The van der Waals surface area contributed by atoms with Crippen molar-refractivity contribution in [2.24, 2.45) is 0 Å². The largest absolute Gasteiger partial charge is 0.491 e. The lowest BCUT2D eigenvalue weighted by Gasteiger charge is -2.16. The van der Waals surface area contributed by atoms with Gasteiger partial charge < -0.3 is 14.8 Å². The monoisotopic (exact) mass is 235 g/mol. The van der Waals surface area contributed by atoms with E-state index < -0.39 is 0 Å². The highest BCUT2D eigenvalue weighted by molar-refractivity contribution is 5.45. The van der Waals surface area contributed by atoms with Crippen LogP contribution in [0.2, 0.25) is 0 Å². The zero-order valence-electron chi connectivity index (χ0n) is 10.8. The van der Waals surface area contributed by atoms with Crippen LogP contribution >= 0.6 is 0 Å². The molecule has 0 amide bonds. The summed E-state index contributed by atoms with van der Waals surface area (Å²) >= 11 is 0. The van der Waals surface area contributed by atoms with E-state index in [9.17, 15) is 0 Å². The Hall–Kier alpha value is -1.22. The first-order valence-electron chi connectivity index (χ1n) is 6.39. The molecule has 3 nitrogen and oxygen atoms in total. The molecular weight excluding hydrogens is 214 g/mol. The van der Waals surface area contributed by atoms with Crippen LogP contribution in [0.4, 0.5) is 0 Å². The van der Waals surface area contributed by atoms with Crippen LogP contribution in [0.5, 0.6) is 11.5 Å². The van der Waals surface area contributed by atoms with Gasteiger partial charge in [0, 0.05) is 11.6 Å². The molecule has 0 spiro atoms. The highest BCUT2D eigenvalue weighted by Gasteiger charge is 2.23. The lowest BCUT2D eigenvalue weighted by molar-refractivity contribution is 0.192. The van der Waals surface area contributed by atoms with Gasteiger partial charge in [0.2, 0.25) is 0 Å². The SMILES string of the molecule is CCC(CC)Oc1ccc2c(c1)OCC2NC. The molecule has 1 unspecified atom stereocenters. The third-order valence-electron chi connectivity index (χ3n) is 3.33. The van der Waals surface area contributed by atoms with Gasteiger partial charge in [0.05, 0.1) is 12.1 Å². The number of hydrogen-bond donors (Lipinski definition) is 1. The van der Waals surface area contributed by atoms with E-state index in [4.69, 9.17) is 9.47 Å². The summed E-state index contributed by atoms with van der Waals surface area (Å²) in [5.41, 5.74) is 1.23. The fourth-order valence-electron chi connectivity index (χ4n) is 2.15. The highest BCUT2D eigenvalue weighted by atomic mass is 16.5. The standard InChI is InChI=1S/C14H21NO2/c1-4-10(5-2)17-11-6-7-12-13(15-3)9-16-14(12)8-11/h6-8,10,13,15H,4-5,9H2,1-3H3. The van der Waals surface area contributed by atoms with E-state index in [0.29, 0.717) is 18.8 Å². The molecule has 94 valence electrons. The Bertz CT molecular complexity index is 374. The molecule has 3 heteroatoms. The van der Waals surface area contributed by atoms with Gasteiger partial charge in [-0.15, -0.1) is 0 Å². The summed E-state index contributed by atoms with van der Waals surface area (Å²) in [6.45, 7) is 5.00. The molecule has 0 saturated carbocycles. The van der Waals surface area contributed by atoms with Crippen molar-refractivity contribution in [2.45, 2.75) is 38.8 Å². The van der Waals surface area contributed by atoms with Crippen LogP contribution in [-0.2, 0) is 0 Å². The third-order valence-corrected chi connectivity index (χ3v) is 3.33. The van der Waals surface area contributed by atoms with Crippen LogP contribution in [-0.4, -0.2) is 19.8 Å². The maximum absolute atomic E-state index is 5.91. The molecule has 1 aromatic carbocycles. The minimum atomic E-state index is 0.301. The van der Waals surface area contributed by atoms with E-state index in [1.165, 1.54) is 5.56 Å². The first-order valence-corrected chi connectivity index (χ1v) is 6.39. The van der Waals surface area contributed by atoms with E-state index >= 15 is 0 Å². The Balaban J connectivity index is 2.12. The van der Waals surface area contributed by atoms with Crippen molar-refractivity contribution >= 4 is 0 Å². The van der Waals surface area contributed by atoms with Gasteiger partial charge in [0.1, 0.15) is 18.1 Å². The summed E-state index contributed by atoms with van der Waals surface area (Å²) < 4.78 is 11.6. The molecule has 1 aliphatic rings. The highest BCUT2D eigenvalue weighted by Crippen LogP contribution is 2.35. The van der Waals surface area contributed by atoms with Crippen LogP contribution < -0.4 is 14.8 Å². The third kappa shape index (κ3) is 2.55. The molecule has 17 heavy (non-hydrogen) atoms. The molecule has 0 aromatic heterocycles. The van der Waals surface area contributed by atoms with Crippen molar-refractivity contribution in [3.63, 3.8) is 0 Å². The lowest BCUT2D eigenvalue weighted by atomic mass is 10.1. The maximum Gasteiger partial charge on any atom is 0.127 e. The molecule has 1 heterocycles. The number of likely N-dealkylation sites (N-methyl/N-ethyl adjacent to an activating group) is 1. The lowest BCUT2D eigenvalue weighted by Crippen LogP contribution is -2.17. The van der Waals surface area contributed by atoms with Crippen molar-refractivity contribution in [3.8, 4) is 11.5 Å². The Kier molecular flexibility index (Phi) is 3.89. The van der Waals surface area contributed by atoms with Crippen LogP contribution in [0.1, 0.15) is 38.3 Å². The molecule has 0 aliphatic carbocycles. The van der Waals surface area contributed by atoms with Crippen molar-refractivity contribution < 1.29 is 9.47 Å². The minimum Gasteiger partial charge on any atom is -0.491 e. The second kappa shape index (κ2) is 5.41. The van der Waals surface area contributed by atoms with Crippen molar-refractivity contribution in [2.75, 3.05) is 13.7 Å². The topological polar surface area (TPSA) is 30.5 Å². The van der Waals surface area contributed by atoms with Gasteiger partial charge in [0.25, 0.3) is 0 Å². The average molecular weight is 235 g/mol. The molecule has 0 fully saturated rings. The van der Waals surface area contributed by atoms with E-state index in [2.05, 4.69) is 25.2 Å². The molecule has 1 atom stereocenters. The van der Waals surface area contributed by atoms with Crippen LogP contribution in [0, 0.1) is 0 Å². The first kappa shape index (κ1) is 12.2. The summed E-state index contributed by atoms with van der Waals surface area (Å²) in [5, 5.41) is 3.24. The molecule has 0 bridgehead atoms. The number of ether oxygens (including phenoxy) is 2. The number of benzene rings is 1. The minimum absolute atomic E-state index is 0.301. The van der Waals surface area contributed by atoms with E-state index in [1.54, 1.807) is 0 Å². The predicted molar refractivity (Wildman–Crippen MR) is 68.7 cm³/mol. The molecule has 0 saturated heterocycles. The predicted octanol–water partition coefficient (Wildman–Crippen LogP) is 2.91. The van der Waals surface area contributed by atoms with Gasteiger partial charge in [-0.05, 0) is 32.0 Å². The van der Waals surface area contributed by atoms with Gasteiger partial charge in [-0.3, -0.25) is 0 Å². The van der Waals surface area contributed by atoms with Gasteiger partial charge in [0.15, 0.2) is 0 Å². The van der Waals surface area contributed by atoms with Crippen molar-refractivity contribution in [3.05, 3.63) is 23.8 Å². The fourth-order valence-corrected chi connectivity index (χ4v) is 2.15. The Morgan fingerprint density at radius 2 is 2.18 bits per heavy atom. The normalized spacial score (nSPS) is 18.0. The quantitative estimate of drug-likeness (QED) is 0.851. The van der Waals surface area contributed by atoms with Crippen LogP contribution in [0.3, 0.4) is 0 Å². The number of rotatable bonds is 5. The molecule has 1 N–H and O–H groups in total. The zero-order chi connectivity index (χ0) is 12.3. The molecular formula is C14H21NO2. The second-order valence-corrected chi connectivity index (χ2v) is 4.41. The van der Waals surface area contributed by atoms with Crippen molar-refractivity contribution in [1.82, 2.24) is 5.32 Å². The molecule has 2 rings (SSSR count). The van der Waals surface area contributed by atoms with Gasteiger partial charge >= 0.3 is 0 Å². The second-order valence-electron chi connectivity index (χ2n) is 4.41. The van der Waals surface area contributed by atoms with Gasteiger partial charge in [-0.2, -0.15) is 0 Å². The van der Waals surface area contributed by atoms with Crippen LogP contribution in [0.15, 0.2) is 18.2 Å². The molecule has 0 radical (unpaired) electrons. The van der Waals surface area contributed by atoms with E-state index in [-0.39, 0.29) is 0 Å². The summed E-state index contributed by atoms with van der Waals surface area (Å²) in [6, 6.07) is 6.45. The van der Waals surface area contributed by atoms with Gasteiger partial charge in [-0.1, -0.05) is 13.8 Å². The smallest absolute Gasteiger partial charge is 0.127 e. The number of nitrogens with one attached hydrogen (secondary N) is 1. The average Bonchev–Trinajstić information content (AvgIpc) is 2.78. The maximum atomic E-state index is 5.91. The Morgan fingerprint density at radius 3 is 2.82 bits per heavy atom. The van der Waals surface area contributed by atoms with Gasteiger partial charge in [-0.25, -0.2) is 0 Å². The number of fused-ring (bicyclic) bond motifs is 1. The summed E-state index contributed by atoms with van der Waals surface area (Å²) in [7, 11) is 1.96. The van der Waals surface area contributed by atoms with Crippen molar-refractivity contribution in [1.29, 1.82) is 0 Å². The zero-order valence-corrected chi connectivity index (χ0v) is 10.8. The van der Waals surface area contributed by atoms with E-state index in [0.717, 1.165) is 24.3 Å². The Morgan fingerprint density at radius 1 is 1.41 bits per heavy atom. The summed E-state index contributed by atoms with van der Waals surface area (Å²) in [6.07, 6.45) is 2.37. The van der Waals surface area contributed by atoms with E-state index in [1.807, 2.05) is 19.2 Å². The summed E-state index contributed by atoms with van der Waals surface area (Å²) in [4.78, 5) is 0. The Labute approximate surface area is 103 Å². The first-order chi connectivity index (χ1) is 8.28.